The van der Waals surface area contributed by atoms with E-state index in [1.165, 1.54) is 0 Å². The third-order valence-corrected chi connectivity index (χ3v) is 3.82. The van der Waals surface area contributed by atoms with Crippen LogP contribution in [0.25, 0.3) is 10.8 Å². The molecule has 142 valence electrons. The van der Waals surface area contributed by atoms with Gasteiger partial charge in [-0.05, 0) is 37.8 Å². The molecule has 0 heterocycles. The van der Waals surface area contributed by atoms with E-state index in [4.69, 9.17) is 21.7 Å². The molecule has 0 aromatic heterocycles. The number of hydrogen-bond acceptors (Lipinski definition) is 5. The highest BCUT2D eigenvalue weighted by Gasteiger charge is 2.11. The highest BCUT2D eigenvalue weighted by atomic mass is 16.4. The van der Waals surface area contributed by atoms with Crippen LogP contribution in [0.15, 0.2) is 42.5 Å². The fourth-order valence-corrected chi connectivity index (χ4v) is 2.28. The zero-order valence-electron chi connectivity index (χ0n) is 14.9. The fraction of sp³-hybridized carbons (Fsp3) is 0.368. The first kappa shape index (κ1) is 21.4. The molecule has 2 unspecified atom stereocenters. The van der Waals surface area contributed by atoms with Gasteiger partial charge < -0.3 is 27.0 Å². The Balaban J connectivity index is 0.000000294. The Morgan fingerprint density at radius 1 is 1.04 bits per heavy atom. The Morgan fingerprint density at radius 2 is 1.69 bits per heavy atom. The standard InChI is InChI=1S/C13H13NO2.C6H14N2O2/c1-9(13(15)16)14-12-8-4-6-10-5-2-3-7-11(10)12;7-4-2-1-3-5(8)6(9)10/h2-9,14H,1H3,(H,15,16);5H,1-4,7-8H2,(H,9,10). The molecule has 0 amide bonds. The Labute approximate surface area is 153 Å². The van der Waals surface area contributed by atoms with Gasteiger partial charge in [-0.25, -0.2) is 0 Å². The van der Waals surface area contributed by atoms with Crippen molar-refractivity contribution in [2.75, 3.05) is 11.9 Å². The van der Waals surface area contributed by atoms with Crippen molar-refractivity contribution in [3.63, 3.8) is 0 Å². The van der Waals surface area contributed by atoms with E-state index in [2.05, 4.69) is 5.32 Å². The number of carbonyl (C=O) groups is 2. The summed E-state index contributed by atoms with van der Waals surface area (Å²) in [6.07, 6.45) is 2.16. The van der Waals surface area contributed by atoms with Gasteiger partial charge in [-0.2, -0.15) is 0 Å². The largest absolute Gasteiger partial charge is 0.480 e. The van der Waals surface area contributed by atoms with Crippen molar-refractivity contribution in [3.8, 4) is 0 Å². The summed E-state index contributed by atoms with van der Waals surface area (Å²) < 4.78 is 0. The van der Waals surface area contributed by atoms with Gasteiger partial charge >= 0.3 is 11.9 Å². The van der Waals surface area contributed by atoms with Gasteiger partial charge in [-0.15, -0.1) is 0 Å². The third kappa shape index (κ3) is 7.08. The average Bonchev–Trinajstić information content (AvgIpc) is 2.62. The first-order valence-corrected chi connectivity index (χ1v) is 8.52. The normalized spacial score (nSPS) is 12.6. The number of fused-ring (bicyclic) bond motifs is 1. The number of hydrogen-bond donors (Lipinski definition) is 5. The van der Waals surface area contributed by atoms with Crippen molar-refractivity contribution in [3.05, 3.63) is 42.5 Å². The molecule has 0 bridgehead atoms. The van der Waals surface area contributed by atoms with E-state index in [0.29, 0.717) is 13.0 Å². The number of rotatable bonds is 8. The van der Waals surface area contributed by atoms with E-state index in [1.54, 1.807) is 6.92 Å². The van der Waals surface area contributed by atoms with Gasteiger partial charge in [0.1, 0.15) is 12.1 Å². The zero-order chi connectivity index (χ0) is 19.5. The monoisotopic (exact) mass is 361 g/mol. The minimum atomic E-state index is -0.933. The number of benzene rings is 2. The number of anilines is 1. The predicted molar refractivity (Wildman–Crippen MR) is 103 cm³/mol. The molecule has 2 aromatic rings. The molecule has 2 aromatic carbocycles. The Morgan fingerprint density at radius 3 is 2.31 bits per heavy atom. The molecule has 7 N–H and O–H groups in total. The third-order valence-electron chi connectivity index (χ3n) is 3.82. The van der Waals surface area contributed by atoms with Crippen LogP contribution in [0.4, 0.5) is 5.69 Å². The van der Waals surface area contributed by atoms with Gasteiger partial charge in [0.05, 0.1) is 0 Å². The van der Waals surface area contributed by atoms with Crippen LogP contribution in [0.2, 0.25) is 0 Å². The van der Waals surface area contributed by atoms with Crippen LogP contribution >= 0.6 is 0 Å². The van der Waals surface area contributed by atoms with Crippen LogP contribution in [0.1, 0.15) is 26.2 Å². The summed E-state index contributed by atoms with van der Waals surface area (Å²) in [6, 6.07) is 12.4. The first-order valence-electron chi connectivity index (χ1n) is 8.52. The molecule has 0 spiro atoms. The smallest absolute Gasteiger partial charge is 0.325 e. The van der Waals surface area contributed by atoms with Crippen molar-refractivity contribution in [1.82, 2.24) is 0 Å². The van der Waals surface area contributed by atoms with Gasteiger partial charge in [0, 0.05) is 11.1 Å². The molecule has 0 aliphatic heterocycles. The Kier molecular flexibility index (Phi) is 9.11. The molecule has 26 heavy (non-hydrogen) atoms. The van der Waals surface area contributed by atoms with Crippen LogP contribution in [-0.2, 0) is 9.59 Å². The second-order valence-electron chi connectivity index (χ2n) is 5.96. The lowest BCUT2D eigenvalue weighted by Crippen LogP contribution is -2.29. The van der Waals surface area contributed by atoms with Gasteiger partial charge in [-0.1, -0.05) is 42.8 Å². The molecular formula is C19H27N3O4. The van der Waals surface area contributed by atoms with Crippen molar-refractivity contribution in [2.45, 2.75) is 38.3 Å². The van der Waals surface area contributed by atoms with Crippen LogP contribution in [-0.4, -0.2) is 40.8 Å². The summed E-state index contributed by atoms with van der Waals surface area (Å²) >= 11 is 0. The maximum atomic E-state index is 10.8. The number of nitrogens with one attached hydrogen (secondary N) is 1. The fourth-order valence-electron chi connectivity index (χ4n) is 2.28. The lowest BCUT2D eigenvalue weighted by molar-refractivity contribution is -0.139. The van der Waals surface area contributed by atoms with E-state index >= 15 is 0 Å². The summed E-state index contributed by atoms with van der Waals surface area (Å²) in [4.78, 5) is 20.9. The Hall–Kier alpha value is -2.64. The molecule has 2 rings (SSSR count). The SMILES string of the molecule is CC(Nc1cccc2ccccc12)C(=O)O.NCCCCC(N)C(=O)O. The molecule has 0 saturated heterocycles. The molecular weight excluding hydrogens is 334 g/mol. The minimum Gasteiger partial charge on any atom is -0.480 e. The molecule has 0 fully saturated rings. The Bertz CT molecular complexity index is 716. The summed E-state index contributed by atoms with van der Waals surface area (Å²) in [5.74, 6) is -1.79. The molecule has 0 aliphatic rings. The van der Waals surface area contributed by atoms with Crippen LogP contribution in [0.5, 0.6) is 0 Å². The van der Waals surface area contributed by atoms with E-state index in [0.717, 1.165) is 29.3 Å². The summed E-state index contributed by atoms with van der Waals surface area (Å²) in [7, 11) is 0. The van der Waals surface area contributed by atoms with Crippen LogP contribution in [0.3, 0.4) is 0 Å². The topological polar surface area (TPSA) is 139 Å². The number of unbranched alkanes of at least 4 members (excludes halogenated alkanes) is 1. The van der Waals surface area contributed by atoms with Gasteiger partial charge in [0.2, 0.25) is 0 Å². The molecule has 7 heteroatoms. The van der Waals surface area contributed by atoms with Crippen LogP contribution < -0.4 is 16.8 Å². The average molecular weight is 361 g/mol. The minimum absolute atomic E-state index is 0.520. The van der Waals surface area contributed by atoms with Crippen molar-refractivity contribution in [1.29, 1.82) is 0 Å². The molecule has 0 saturated carbocycles. The molecule has 0 aliphatic carbocycles. The zero-order valence-corrected chi connectivity index (χ0v) is 14.9. The second kappa shape index (κ2) is 11.1. The summed E-state index contributed by atoms with van der Waals surface area (Å²) in [6.45, 7) is 2.23. The number of carboxylic acids is 2. The van der Waals surface area contributed by atoms with Crippen molar-refractivity contribution >= 4 is 28.4 Å². The van der Waals surface area contributed by atoms with E-state index < -0.39 is 24.0 Å². The lowest BCUT2D eigenvalue weighted by Gasteiger charge is -2.12. The number of carboxylic acid groups (broad SMARTS) is 2. The first-order chi connectivity index (χ1) is 12.4. The predicted octanol–water partition coefficient (Wildman–Crippen LogP) is 2.25. The van der Waals surface area contributed by atoms with Crippen molar-refractivity contribution in [2.24, 2.45) is 11.5 Å². The lowest BCUT2D eigenvalue weighted by atomic mass is 10.1. The summed E-state index contributed by atoms with van der Waals surface area (Å²) in [5.41, 5.74) is 11.3. The van der Waals surface area contributed by atoms with E-state index in [1.807, 2.05) is 42.5 Å². The summed E-state index contributed by atoms with van der Waals surface area (Å²) in [5, 5.41) is 22.3. The number of aliphatic carboxylic acids is 2. The van der Waals surface area contributed by atoms with Gasteiger partial charge in [-0.3, -0.25) is 9.59 Å². The molecule has 7 nitrogen and oxygen atoms in total. The van der Waals surface area contributed by atoms with Crippen LogP contribution in [0, 0.1) is 0 Å². The molecule has 2 atom stereocenters. The van der Waals surface area contributed by atoms with E-state index in [9.17, 15) is 9.59 Å². The number of nitrogens with two attached hydrogens (primary N) is 2. The maximum Gasteiger partial charge on any atom is 0.325 e. The highest BCUT2D eigenvalue weighted by molar-refractivity contribution is 5.95. The highest BCUT2D eigenvalue weighted by Crippen LogP contribution is 2.23. The van der Waals surface area contributed by atoms with E-state index in [-0.39, 0.29) is 0 Å². The van der Waals surface area contributed by atoms with Gasteiger partial charge in [0.15, 0.2) is 0 Å². The second-order valence-corrected chi connectivity index (χ2v) is 5.96. The van der Waals surface area contributed by atoms with Crippen molar-refractivity contribution < 1.29 is 19.8 Å². The molecule has 0 radical (unpaired) electrons. The quantitative estimate of drug-likeness (QED) is 0.454. The maximum absolute atomic E-state index is 10.8. The van der Waals surface area contributed by atoms with Gasteiger partial charge in [0.25, 0.3) is 0 Å².